The Kier molecular flexibility index (Phi) is 6.77. The third-order valence-electron chi connectivity index (χ3n) is 5.72. The van der Waals surface area contributed by atoms with Crippen LogP contribution in [0.5, 0.6) is 11.5 Å². The molecule has 4 rings (SSSR count). The van der Waals surface area contributed by atoms with Gasteiger partial charge in [-0.1, -0.05) is 18.2 Å². The zero-order chi connectivity index (χ0) is 22.7. The van der Waals surface area contributed by atoms with Crippen LogP contribution in [0, 0.1) is 0 Å². The quantitative estimate of drug-likeness (QED) is 0.557. The van der Waals surface area contributed by atoms with Crippen LogP contribution in [0.3, 0.4) is 0 Å². The molecular formula is C25H32N4O3. The summed E-state index contributed by atoms with van der Waals surface area (Å²) in [5.74, 6) is 3.21. The van der Waals surface area contributed by atoms with E-state index in [1.165, 1.54) is 0 Å². The topological polar surface area (TPSA) is 60.0 Å². The number of fused-ring (bicyclic) bond motifs is 1. The maximum atomic E-state index is 5.88. The normalized spacial score (nSPS) is 19.2. The second kappa shape index (κ2) is 9.71. The van der Waals surface area contributed by atoms with Crippen LogP contribution >= 0.6 is 0 Å². The molecule has 170 valence electrons. The van der Waals surface area contributed by atoms with Crippen molar-refractivity contribution >= 4 is 16.7 Å². The van der Waals surface area contributed by atoms with Crippen LogP contribution < -0.4 is 14.4 Å². The van der Waals surface area contributed by atoms with Gasteiger partial charge in [0.2, 0.25) is 0 Å². The summed E-state index contributed by atoms with van der Waals surface area (Å²) in [4.78, 5) is 14.4. The minimum atomic E-state index is 0.214. The molecular weight excluding hydrogens is 404 g/mol. The molecule has 0 bridgehead atoms. The highest BCUT2D eigenvalue weighted by atomic mass is 16.5. The van der Waals surface area contributed by atoms with E-state index in [9.17, 15) is 0 Å². The second-order valence-electron chi connectivity index (χ2n) is 8.48. The van der Waals surface area contributed by atoms with Gasteiger partial charge in [0.15, 0.2) is 11.5 Å². The van der Waals surface area contributed by atoms with Crippen molar-refractivity contribution in [2.45, 2.75) is 39.1 Å². The number of para-hydroxylation sites is 1. The molecule has 2 heterocycles. The van der Waals surface area contributed by atoms with E-state index in [4.69, 9.17) is 24.2 Å². The summed E-state index contributed by atoms with van der Waals surface area (Å²) in [7, 11) is 5.37. The molecule has 7 nitrogen and oxygen atoms in total. The summed E-state index contributed by atoms with van der Waals surface area (Å²) in [5, 5.41) is 1.04. The Morgan fingerprint density at radius 3 is 2.44 bits per heavy atom. The average Bonchev–Trinajstić information content (AvgIpc) is 2.77. The van der Waals surface area contributed by atoms with E-state index in [1.54, 1.807) is 14.2 Å². The van der Waals surface area contributed by atoms with E-state index in [1.807, 2.05) is 24.3 Å². The number of hydrogen-bond donors (Lipinski definition) is 0. The Labute approximate surface area is 189 Å². The van der Waals surface area contributed by atoms with Gasteiger partial charge in [-0.25, -0.2) is 9.97 Å². The molecule has 2 aromatic carbocycles. The van der Waals surface area contributed by atoms with Gasteiger partial charge in [0.25, 0.3) is 0 Å². The van der Waals surface area contributed by atoms with Crippen molar-refractivity contribution in [3.63, 3.8) is 0 Å². The standard InChI is InChI=1S/C25H32N4O3/c1-17-13-29(14-18(2)32-17)16-24-26-21-9-7-6-8-20(21)25(27-24)28(3)15-19-10-11-22(30-4)23(12-19)31-5/h6-12,17-18H,13-16H2,1-5H3/t17-,18+. The molecule has 0 N–H and O–H groups in total. The monoisotopic (exact) mass is 436 g/mol. The Balaban J connectivity index is 1.62. The smallest absolute Gasteiger partial charge is 0.161 e. The van der Waals surface area contributed by atoms with Gasteiger partial charge >= 0.3 is 0 Å². The Morgan fingerprint density at radius 1 is 1.00 bits per heavy atom. The summed E-state index contributed by atoms with van der Waals surface area (Å²) < 4.78 is 16.7. The molecule has 1 fully saturated rings. The van der Waals surface area contributed by atoms with E-state index >= 15 is 0 Å². The van der Waals surface area contributed by atoms with Gasteiger partial charge in [-0.05, 0) is 43.7 Å². The van der Waals surface area contributed by atoms with E-state index in [0.29, 0.717) is 13.1 Å². The Hall–Kier alpha value is -2.90. The lowest BCUT2D eigenvalue weighted by Gasteiger charge is -2.35. The van der Waals surface area contributed by atoms with Gasteiger partial charge in [0.05, 0.1) is 38.5 Å². The highest BCUT2D eigenvalue weighted by molar-refractivity contribution is 5.89. The van der Waals surface area contributed by atoms with Crippen LogP contribution in [0.15, 0.2) is 42.5 Å². The lowest BCUT2D eigenvalue weighted by atomic mass is 10.1. The van der Waals surface area contributed by atoms with Crippen LogP contribution in [-0.4, -0.2) is 61.4 Å². The van der Waals surface area contributed by atoms with Crippen molar-refractivity contribution in [3.8, 4) is 11.5 Å². The number of methoxy groups -OCH3 is 2. The van der Waals surface area contributed by atoms with Crippen LogP contribution in [0.25, 0.3) is 10.9 Å². The molecule has 0 amide bonds. The van der Waals surface area contributed by atoms with Gasteiger partial charge in [0, 0.05) is 32.1 Å². The number of benzene rings is 2. The summed E-state index contributed by atoms with van der Waals surface area (Å²) in [5.41, 5.74) is 2.08. The van der Waals surface area contributed by atoms with Crippen molar-refractivity contribution in [1.82, 2.24) is 14.9 Å². The Morgan fingerprint density at radius 2 is 1.72 bits per heavy atom. The first-order valence-corrected chi connectivity index (χ1v) is 11.0. The number of rotatable bonds is 7. The fraction of sp³-hybridized carbons (Fsp3) is 0.440. The van der Waals surface area contributed by atoms with Gasteiger partial charge in [0.1, 0.15) is 11.6 Å². The lowest BCUT2D eigenvalue weighted by molar-refractivity contribution is -0.0710. The first kappa shape index (κ1) is 22.3. The van der Waals surface area contributed by atoms with Crippen LogP contribution in [0.4, 0.5) is 5.82 Å². The number of nitrogens with zero attached hydrogens (tertiary/aromatic N) is 4. The van der Waals surface area contributed by atoms with E-state index in [2.05, 4.69) is 48.9 Å². The molecule has 0 unspecified atom stereocenters. The molecule has 0 spiro atoms. The van der Waals surface area contributed by atoms with Gasteiger partial charge < -0.3 is 19.1 Å². The summed E-state index contributed by atoms with van der Waals surface area (Å²) in [6, 6.07) is 14.2. The van der Waals surface area contributed by atoms with Gasteiger partial charge in [-0.2, -0.15) is 0 Å². The lowest BCUT2D eigenvalue weighted by Crippen LogP contribution is -2.45. The SMILES string of the molecule is COc1ccc(CN(C)c2nc(CN3C[C@@H](C)O[C@@H](C)C3)nc3ccccc23)cc1OC. The van der Waals surface area contributed by atoms with Crippen molar-refractivity contribution in [3.05, 3.63) is 53.9 Å². The number of hydrogen-bond acceptors (Lipinski definition) is 7. The summed E-state index contributed by atoms with van der Waals surface area (Å²) >= 11 is 0. The molecule has 1 aromatic heterocycles. The molecule has 1 aliphatic rings. The highest BCUT2D eigenvalue weighted by Gasteiger charge is 2.23. The zero-order valence-corrected chi connectivity index (χ0v) is 19.5. The largest absolute Gasteiger partial charge is 0.493 e. The minimum Gasteiger partial charge on any atom is -0.493 e. The predicted octanol–water partition coefficient (Wildman–Crippen LogP) is 3.89. The number of anilines is 1. The number of ether oxygens (including phenoxy) is 3. The van der Waals surface area contributed by atoms with E-state index in [0.717, 1.165) is 52.7 Å². The summed E-state index contributed by atoms with van der Waals surface area (Å²) in [6.45, 7) is 7.40. The minimum absolute atomic E-state index is 0.214. The zero-order valence-electron chi connectivity index (χ0n) is 19.5. The molecule has 1 saturated heterocycles. The maximum absolute atomic E-state index is 5.88. The first-order valence-electron chi connectivity index (χ1n) is 11.0. The van der Waals surface area contributed by atoms with E-state index in [-0.39, 0.29) is 12.2 Å². The number of aromatic nitrogens is 2. The first-order chi connectivity index (χ1) is 15.5. The van der Waals surface area contributed by atoms with Gasteiger partial charge in [-0.3, -0.25) is 4.90 Å². The van der Waals surface area contributed by atoms with Crippen molar-refractivity contribution < 1.29 is 14.2 Å². The average molecular weight is 437 g/mol. The molecule has 0 radical (unpaired) electrons. The van der Waals surface area contributed by atoms with Crippen molar-refractivity contribution in [2.24, 2.45) is 0 Å². The van der Waals surface area contributed by atoms with Crippen molar-refractivity contribution in [2.75, 3.05) is 39.3 Å². The molecule has 0 aliphatic carbocycles. The highest BCUT2D eigenvalue weighted by Crippen LogP contribution is 2.30. The third kappa shape index (κ3) is 4.95. The fourth-order valence-electron chi connectivity index (χ4n) is 4.41. The van der Waals surface area contributed by atoms with Crippen LogP contribution in [0.2, 0.25) is 0 Å². The predicted molar refractivity (Wildman–Crippen MR) is 126 cm³/mol. The van der Waals surface area contributed by atoms with Gasteiger partial charge in [-0.15, -0.1) is 0 Å². The molecule has 2 atom stereocenters. The Bertz CT molecular complexity index is 1060. The molecule has 1 aliphatic heterocycles. The molecule has 7 heteroatoms. The molecule has 32 heavy (non-hydrogen) atoms. The van der Waals surface area contributed by atoms with Crippen LogP contribution in [-0.2, 0) is 17.8 Å². The summed E-state index contributed by atoms with van der Waals surface area (Å²) in [6.07, 6.45) is 0.429. The number of morpholine rings is 1. The van der Waals surface area contributed by atoms with Crippen LogP contribution in [0.1, 0.15) is 25.2 Å². The maximum Gasteiger partial charge on any atom is 0.161 e. The van der Waals surface area contributed by atoms with E-state index < -0.39 is 0 Å². The molecule has 0 saturated carbocycles. The fourth-order valence-corrected chi connectivity index (χ4v) is 4.41. The van der Waals surface area contributed by atoms with Crippen molar-refractivity contribution in [1.29, 1.82) is 0 Å². The third-order valence-corrected chi connectivity index (χ3v) is 5.72. The second-order valence-corrected chi connectivity index (χ2v) is 8.48. The molecule has 3 aromatic rings.